The van der Waals surface area contributed by atoms with Gasteiger partial charge >= 0.3 is 5.97 Å². The van der Waals surface area contributed by atoms with Crippen molar-refractivity contribution in [1.29, 1.82) is 0 Å². The molecule has 1 aliphatic rings. The van der Waals surface area contributed by atoms with Crippen molar-refractivity contribution >= 4 is 56.5 Å². The molecule has 1 aliphatic heterocycles. The Labute approximate surface area is 200 Å². The van der Waals surface area contributed by atoms with E-state index < -0.39 is 11.9 Å². The fourth-order valence-electron chi connectivity index (χ4n) is 3.45. The number of thiocarbonyl (C=S) groups is 1. The van der Waals surface area contributed by atoms with E-state index >= 15 is 0 Å². The van der Waals surface area contributed by atoms with E-state index in [-0.39, 0.29) is 5.11 Å². The summed E-state index contributed by atoms with van der Waals surface area (Å²) in [6.45, 7) is 4.44. The molecule has 10 heteroatoms. The van der Waals surface area contributed by atoms with Gasteiger partial charge in [0.1, 0.15) is 5.75 Å². The summed E-state index contributed by atoms with van der Waals surface area (Å²) in [6, 6.07) is 8.70. The highest BCUT2D eigenvalue weighted by atomic mass is 79.9. The van der Waals surface area contributed by atoms with Gasteiger partial charge in [0.25, 0.3) is 5.91 Å². The van der Waals surface area contributed by atoms with Gasteiger partial charge in [-0.15, -0.1) is 0 Å². The fraction of sp³-hybridized carbons (Fsp3) is 0.318. The van der Waals surface area contributed by atoms with Crippen LogP contribution in [-0.4, -0.2) is 57.5 Å². The minimum absolute atomic E-state index is 0.0891. The SMILES string of the molecule is COC(=O)c1ccc(N2CCOCC2)c(NC(=S)NC(=O)c2cc(Br)cc(C)c2OC)c1. The number of carbonyl (C=O) groups excluding carboxylic acids is 2. The molecule has 3 rings (SSSR count). The van der Waals surface area contributed by atoms with Crippen LogP contribution in [0, 0.1) is 6.92 Å². The molecule has 1 saturated heterocycles. The Morgan fingerprint density at radius 2 is 1.88 bits per heavy atom. The van der Waals surface area contributed by atoms with Gasteiger partial charge in [0.15, 0.2) is 5.11 Å². The molecule has 1 heterocycles. The number of nitrogens with one attached hydrogen (secondary N) is 2. The highest BCUT2D eigenvalue weighted by Gasteiger charge is 2.20. The maximum absolute atomic E-state index is 12.9. The highest BCUT2D eigenvalue weighted by molar-refractivity contribution is 9.10. The van der Waals surface area contributed by atoms with E-state index in [9.17, 15) is 9.59 Å². The monoisotopic (exact) mass is 521 g/mol. The Hall–Kier alpha value is -2.69. The minimum atomic E-state index is -0.467. The van der Waals surface area contributed by atoms with Crippen LogP contribution in [0.25, 0.3) is 0 Å². The number of nitrogens with zero attached hydrogens (tertiary/aromatic N) is 1. The number of anilines is 2. The zero-order valence-corrected chi connectivity index (χ0v) is 20.4. The maximum atomic E-state index is 12.9. The van der Waals surface area contributed by atoms with Crippen LogP contribution < -0.4 is 20.3 Å². The second kappa shape index (κ2) is 10.8. The number of carbonyl (C=O) groups is 2. The lowest BCUT2D eigenvalue weighted by atomic mass is 10.1. The van der Waals surface area contributed by atoms with Gasteiger partial charge in [-0.2, -0.15) is 0 Å². The molecule has 8 nitrogen and oxygen atoms in total. The van der Waals surface area contributed by atoms with Crippen molar-refractivity contribution in [2.75, 3.05) is 50.7 Å². The van der Waals surface area contributed by atoms with Crippen molar-refractivity contribution in [3.63, 3.8) is 0 Å². The van der Waals surface area contributed by atoms with Crippen molar-refractivity contribution in [2.24, 2.45) is 0 Å². The average Bonchev–Trinajstić information content (AvgIpc) is 2.78. The van der Waals surface area contributed by atoms with Crippen LogP contribution in [0.2, 0.25) is 0 Å². The van der Waals surface area contributed by atoms with Crippen molar-refractivity contribution < 1.29 is 23.8 Å². The number of aryl methyl sites for hydroxylation is 1. The summed E-state index contributed by atoms with van der Waals surface area (Å²) in [5.41, 5.74) is 2.95. The molecule has 2 aromatic rings. The third-order valence-electron chi connectivity index (χ3n) is 4.93. The Kier molecular flexibility index (Phi) is 8.05. The molecule has 1 fully saturated rings. The lowest BCUT2D eigenvalue weighted by Crippen LogP contribution is -2.38. The van der Waals surface area contributed by atoms with Crippen molar-refractivity contribution in [2.45, 2.75) is 6.92 Å². The van der Waals surface area contributed by atoms with Crippen molar-refractivity contribution in [3.8, 4) is 5.75 Å². The minimum Gasteiger partial charge on any atom is -0.496 e. The van der Waals surface area contributed by atoms with E-state index in [0.29, 0.717) is 48.9 Å². The second-order valence-electron chi connectivity index (χ2n) is 7.03. The molecular formula is C22H24BrN3O5S. The molecule has 0 unspecified atom stereocenters. The summed E-state index contributed by atoms with van der Waals surface area (Å²) in [4.78, 5) is 27.1. The van der Waals surface area contributed by atoms with Crippen LogP contribution in [0.15, 0.2) is 34.8 Å². The molecule has 1 amide bonds. The Balaban J connectivity index is 1.84. The number of benzene rings is 2. The van der Waals surface area contributed by atoms with Gasteiger partial charge in [-0.25, -0.2) is 4.79 Å². The van der Waals surface area contributed by atoms with Crippen LogP contribution in [0.3, 0.4) is 0 Å². The number of methoxy groups -OCH3 is 2. The summed E-state index contributed by atoms with van der Waals surface area (Å²) in [6.07, 6.45) is 0. The van der Waals surface area contributed by atoms with Gasteiger partial charge in [0.2, 0.25) is 0 Å². The molecular weight excluding hydrogens is 498 g/mol. The van der Waals surface area contributed by atoms with Gasteiger partial charge in [-0.1, -0.05) is 15.9 Å². The van der Waals surface area contributed by atoms with E-state index in [1.54, 1.807) is 18.2 Å². The van der Waals surface area contributed by atoms with Crippen LogP contribution >= 0.6 is 28.1 Å². The van der Waals surface area contributed by atoms with Gasteiger partial charge in [0, 0.05) is 17.6 Å². The molecule has 170 valence electrons. The van der Waals surface area contributed by atoms with Gasteiger partial charge in [0.05, 0.1) is 49.9 Å². The van der Waals surface area contributed by atoms with E-state index in [1.165, 1.54) is 14.2 Å². The first-order chi connectivity index (χ1) is 15.3. The largest absolute Gasteiger partial charge is 0.496 e. The number of esters is 1. The third kappa shape index (κ3) is 5.56. The standard InChI is InChI=1S/C22H24BrN3O5S/c1-13-10-15(23)12-16(19(13)29-2)20(27)25-22(32)24-17-11-14(21(28)30-3)4-5-18(17)26-6-8-31-9-7-26/h4-5,10-12H,6-9H2,1-3H3,(H2,24,25,27,32). The van der Waals surface area contributed by atoms with E-state index in [0.717, 1.165) is 15.7 Å². The summed E-state index contributed by atoms with van der Waals surface area (Å²) in [5.74, 6) is -0.415. The molecule has 2 aromatic carbocycles. The first-order valence-electron chi connectivity index (χ1n) is 9.85. The van der Waals surface area contributed by atoms with E-state index in [4.69, 9.17) is 26.4 Å². The zero-order valence-electron chi connectivity index (χ0n) is 18.0. The summed E-state index contributed by atoms with van der Waals surface area (Å²) in [5, 5.41) is 5.83. The number of hydrogen-bond donors (Lipinski definition) is 2. The normalized spacial score (nSPS) is 13.3. The topological polar surface area (TPSA) is 89.1 Å². The highest BCUT2D eigenvalue weighted by Crippen LogP contribution is 2.30. The molecule has 0 atom stereocenters. The second-order valence-corrected chi connectivity index (χ2v) is 8.36. The van der Waals surface area contributed by atoms with Crippen LogP contribution in [-0.2, 0) is 9.47 Å². The summed E-state index contributed by atoms with van der Waals surface area (Å²) < 4.78 is 16.4. The summed E-state index contributed by atoms with van der Waals surface area (Å²) >= 11 is 8.80. The number of rotatable bonds is 5. The van der Waals surface area contributed by atoms with E-state index in [2.05, 4.69) is 31.5 Å². The summed E-state index contributed by atoms with van der Waals surface area (Å²) in [7, 11) is 2.83. The maximum Gasteiger partial charge on any atom is 0.337 e. The smallest absolute Gasteiger partial charge is 0.337 e. The fourth-order valence-corrected chi connectivity index (χ4v) is 4.23. The first kappa shape index (κ1) is 24.0. The number of ether oxygens (including phenoxy) is 3. The lowest BCUT2D eigenvalue weighted by Gasteiger charge is -2.31. The molecule has 0 aromatic heterocycles. The molecule has 32 heavy (non-hydrogen) atoms. The Bertz CT molecular complexity index is 1040. The number of halogens is 1. The molecule has 0 saturated carbocycles. The third-order valence-corrected chi connectivity index (χ3v) is 5.59. The van der Waals surface area contributed by atoms with Crippen LogP contribution in [0.1, 0.15) is 26.3 Å². The van der Waals surface area contributed by atoms with Gasteiger partial charge in [-0.3, -0.25) is 10.1 Å². The number of hydrogen-bond acceptors (Lipinski definition) is 7. The zero-order chi connectivity index (χ0) is 23.3. The number of amides is 1. The molecule has 0 spiro atoms. The van der Waals surface area contributed by atoms with Gasteiger partial charge < -0.3 is 24.4 Å². The first-order valence-corrected chi connectivity index (χ1v) is 11.1. The number of morpholine rings is 1. The molecule has 0 aliphatic carbocycles. The van der Waals surface area contributed by atoms with Crippen LogP contribution in [0.4, 0.5) is 11.4 Å². The Morgan fingerprint density at radius 1 is 1.16 bits per heavy atom. The molecule has 0 bridgehead atoms. The van der Waals surface area contributed by atoms with Crippen molar-refractivity contribution in [3.05, 3.63) is 51.5 Å². The predicted molar refractivity (Wildman–Crippen MR) is 130 cm³/mol. The van der Waals surface area contributed by atoms with Crippen molar-refractivity contribution in [1.82, 2.24) is 5.32 Å². The quantitative estimate of drug-likeness (QED) is 0.456. The Morgan fingerprint density at radius 3 is 2.53 bits per heavy atom. The predicted octanol–water partition coefficient (Wildman–Crippen LogP) is 3.52. The van der Waals surface area contributed by atoms with Crippen LogP contribution in [0.5, 0.6) is 5.75 Å². The molecule has 0 radical (unpaired) electrons. The van der Waals surface area contributed by atoms with E-state index in [1.807, 2.05) is 19.1 Å². The average molecular weight is 522 g/mol. The lowest BCUT2D eigenvalue weighted by molar-refractivity contribution is 0.0600. The molecule has 2 N–H and O–H groups in total. The van der Waals surface area contributed by atoms with Gasteiger partial charge in [-0.05, 0) is 55.0 Å².